The largest absolute Gasteiger partial charge is 0.497 e. The number of benzene rings is 2. The number of methoxy groups -OCH3 is 2. The SMILES string of the molecule is CCOc1cccc(OCC)c1N(Cl)C(=O)C(N=Nc1c(Cl)cc(OC)cc1OC)C(C)=O. The Morgan fingerprint density at radius 3 is 2.12 bits per heavy atom. The van der Waals surface area contributed by atoms with Crippen LogP contribution in [0.3, 0.4) is 0 Å². The van der Waals surface area contributed by atoms with Crippen LogP contribution in [0.4, 0.5) is 11.4 Å². The molecule has 0 spiro atoms. The normalized spacial score (nSPS) is 11.7. The van der Waals surface area contributed by atoms with Crippen molar-refractivity contribution in [1.29, 1.82) is 0 Å². The molecule has 1 unspecified atom stereocenters. The molecule has 1 amide bonds. The van der Waals surface area contributed by atoms with Crippen LogP contribution < -0.4 is 23.4 Å². The Labute approximate surface area is 202 Å². The van der Waals surface area contributed by atoms with Gasteiger partial charge in [-0.2, -0.15) is 5.11 Å². The minimum Gasteiger partial charge on any atom is -0.497 e. The predicted octanol–water partition coefficient (Wildman–Crippen LogP) is 5.38. The van der Waals surface area contributed by atoms with E-state index < -0.39 is 17.7 Å². The molecule has 9 nitrogen and oxygen atoms in total. The molecule has 2 aromatic rings. The van der Waals surface area contributed by atoms with E-state index in [1.807, 2.05) is 0 Å². The number of ketones is 1. The Hall–Kier alpha value is -3.04. The fraction of sp³-hybridized carbons (Fsp3) is 0.364. The van der Waals surface area contributed by atoms with Gasteiger partial charge in [-0.05, 0) is 32.9 Å². The van der Waals surface area contributed by atoms with E-state index in [1.165, 1.54) is 27.2 Å². The molecule has 0 aliphatic heterocycles. The fourth-order valence-corrected chi connectivity index (χ4v) is 3.30. The van der Waals surface area contributed by atoms with E-state index >= 15 is 0 Å². The molecule has 0 saturated heterocycles. The summed E-state index contributed by atoms with van der Waals surface area (Å²) in [6.07, 6.45) is 0. The Morgan fingerprint density at radius 1 is 1.03 bits per heavy atom. The Kier molecular flexibility index (Phi) is 9.74. The Morgan fingerprint density at radius 2 is 1.64 bits per heavy atom. The number of para-hydroxylation sites is 1. The van der Waals surface area contributed by atoms with Crippen molar-refractivity contribution in [2.45, 2.75) is 26.8 Å². The van der Waals surface area contributed by atoms with Crippen molar-refractivity contribution in [3.63, 3.8) is 0 Å². The molecule has 0 aliphatic carbocycles. The molecule has 0 heterocycles. The number of carbonyl (C=O) groups excluding carboxylic acids is 2. The van der Waals surface area contributed by atoms with Crippen LogP contribution in [0.15, 0.2) is 40.6 Å². The van der Waals surface area contributed by atoms with Gasteiger partial charge in [0.1, 0.15) is 28.6 Å². The Balaban J connectivity index is 2.46. The van der Waals surface area contributed by atoms with Crippen LogP contribution in [0.25, 0.3) is 0 Å². The number of amides is 1. The van der Waals surface area contributed by atoms with Crippen molar-refractivity contribution >= 4 is 46.4 Å². The number of carbonyl (C=O) groups is 2. The molecule has 0 aliphatic rings. The zero-order chi connectivity index (χ0) is 24.5. The number of nitrogens with zero attached hydrogens (tertiary/aromatic N) is 3. The first-order chi connectivity index (χ1) is 15.8. The topological polar surface area (TPSA) is 99.0 Å². The van der Waals surface area contributed by atoms with Gasteiger partial charge in [0.2, 0.25) is 6.04 Å². The van der Waals surface area contributed by atoms with Gasteiger partial charge < -0.3 is 18.9 Å². The first kappa shape index (κ1) is 26.2. The van der Waals surface area contributed by atoms with Gasteiger partial charge in [0.05, 0.1) is 32.5 Å². The molecule has 0 saturated carbocycles. The van der Waals surface area contributed by atoms with Crippen LogP contribution in [0, 0.1) is 0 Å². The van der Waals surface area contributed by atoms with E-state index in [0.29, 0.717) is 30.5 Å². The number of ether oxygens (including phenoxy) is 4. The van der Waals surface area contributed by atoms with E-state index in [0.717, 1.165) is 4.42 Å². The second kappa shape index (κ2) is 12.3. The highest BCUT2D eigenvalue weighted by Gasteiger charge is 2.32. The fourth-order valence-electron chi connectivity index (χ4n) is 2.80. The third kappa shape index (κ3) is 6.27. The molecule has 0 fully saturated rings. The lowest BCUT2D eigenvalue weighted by Gasteiger charge is -2.22. The lowest BCUT2D eigenvalue weighted by Crippen LogP contribution is -2.36. The van der Waals surface area contributed by atoms with Gasteiger partial charge in [0.25, 0.3) is 5.91 Å². The Bertz CT molecular complexity index is 1010. The number of halogens is 2. The van der Waals surface area contributed by atoms with Gasteiger partial charge in [-0.1, -0.05) is 17.7 Å². The lowest BCUT2D eigenvalue weighted by atomic mass is 10.2. The van der Waals surface area contributed by atoms with Gasteiger partial charge in [-0.15, -0.1) is 5.11 Å². The summed E-state index contributed by atoms with van der Waals surface area (Å²) in [5.74, 6) is -0.106. The molecule has 2 aromatic carbocycles. The molecule has 0 aromatic heterocycles. The molecule has 1 atom stereocenters. The number of hydrogen-bond acceptors (Lipinski definition) is 8. The minimum absolute atomic E-state index is 0.130. The zero-order valence-electron chi connectivity index (χ0n) is 18.9. The zero-order valence-corrected chi connectivity index (χ0v) is 20.4. The number of azo groups is 1. The average Bonchev–Trinajstić information content (AvgIpc) is 2.79. The second-order valence-electron chi connectivity index (χ2n) is 6.48. The van der Waals surface area contributed by atoms with E-state index in [4.69, 9.17) is 42.3 Å². The third-order valence-corrected chi connectivity index (χ3v) is 4.92. The third-order valence-electron chi connectivity index (χ3n) is 4.30. The molecule has 0 N–H and O–H groups in total. The standard InChI is InChI=1S/C22H25Cl2N3O6/c1-6-32-16-9-8-10-17(33-7-2)21(16)27(24)22(29)19(13(3)28)25-26-20-15(23)11-14(30-4)12-18(20)31-5/h8-12,19H,6-7H2,1-5H3. The van der Waals surface area contributed by atoms with Crippen molar-refractivity contribution in [2.75, 3.05) is 31.9 Å². The maximum Gasteiger partial charge on any atom is 0.276 e. The molecule has 2 rings (SSSR count). The summed E-state index contributed by atoms with van der Waals surface area (Å²) in [5.41, 5.74) is 0.291. The summed E-state index contributed by atoms with van der Waals surface area (Å²) in [6, 6.07) is 6.48. The van der Waals surface area contributed by atoms with Gasteiger partial charge in [-0.25, -0.2) is 4.42 Å². The van der Waals surface area contributed by atoms with Crippen LogP contribution in [0.1, 0.15) is 20.8 Å². The average molecular weight is 498 g/mol. The van der Waals surface area contributed by atoms with E-state index in [-0.39, 0.29) is 22.1 Å². The molecule has 11 heteroatoms. The molecule has 0 bridgehead atoms. The van der Waals surface area contributed by atoms with E-state index in [1.54, 1.807) is 38.1 Å². The van der Waals surface area contributed by atoms with Crippen molar-refractivity contribution in [2.24, 2.45) is 10.2 Å². The molecule has 33 heavy (non-hydrogen) atoms. The van der Waals surface area contributed by atoms with Crippen LogP contribution in [-0.2, 0) is 9.59 Å². The van der Waals surface area contributed by atoms with E-state index in [9.17, 15) is 9.59 Å². The highest BCUT2D eigenvalue weighted by atomic mass is 35.5. The first-order valence-corrected chi connectivity index (χ1v) is 10.7. The van der Waals surface area contributed by atoms with Crippen molar-refractivity contribution < 1.29 is 28.5 Å². The van der Waals surface area contributed by atoms with Gasteiger partial charge in [0, 0.05) is 23.9 Å². The monoisotopic (exact) mass is 497 g/mol. The van der Waals surface area contributed by atoms with Gasteiger partial charge in [-0.3, -0.25) is 9.59 Å². The first-order valence-electron chi connectivity index (χ1n) is 10.00. The summed E-state index contributed by atoms with van der Waals surface area (Å²) < 4.78 is 22.3. The molecule has 178 valence electrons. The van der Waals surface area contributed by atoms with Crippen LogP contribution in [-0.4, -0.2) is 45.2 Å². The number of Topliss-reactive ketones (excluding diaryl/α,β-unsaturated/α-hetero) is 1. The summed E-state index contributed by atoms with van der Waals surface area (Å²) in [5, 5.41) is 8.10. The van der Waals surface area contributed by atoms with Crippen molar-refractivity contribution in [3.8, 4) is 23.0 Å². The molecular formula is C22H25Cl2N3O6. The maximum absolute atomic E-state index is 13.2. The van der Waals surface area contributed by atoms with Crippen LogP contribution in [0.5, 0.6) is 23.0 Å². The lowest BCUT2D eigenvalue weighted by molar-refractivity contribution is -0.126. The van der Waals surface area contributed by atoms with Crippen LogP contribution >= 0.6 is 23.4 Å². The highest BCUT2D eigenvalue weighted by Crippen LogP contribution is 2.41. The number of anilines is 1. The van der Waals surface area contributed by atoms with Crippen LogP contribution in [0.2, 0.25) is 5.02 Å². The van der Waals surface area contributed by atoms with E-state index in [2.05, 4.69) is 10.2 Å². The summed E-state index contributed by atoms with van der Waals surface area (Å²) in [7, 11) is 2.89. The second-order valence-corrected chi connectivity index (χ2v) is 7.22. The summed E-state index contributed by atoms with van der Waals surface area (Å²) >= 11 is 12.6. The molecule has 0 radical (unpaired) electrons. The minimum atomic E-state index is -1.55. The highest BCUT2D eigenvalue weighted by molar-refractivity contribution is 6.40. The summed E-state index contributed by atoms with van der Waals surface area (Å²) in [4.78, 5) is 25.5. The van der Waals surface area contributed by atoms with Crippen molar-refractivity contribution in [1.82, 2.24) is 0 Å². The maximum atomic E-state index is 13.2. The predicted molar refractivity (Wildman–Crippen MR) is 126 cm³/mol. The van der Waals surface area contributed by atoms with Gasteiger partial charge >= 0.3 is 0 Å². The number of rotatable bonds is 11. The van der Waals surface area contributed by atoms with Gasteiger partial charge in [0.15, 0.2) is 11.5 Å². The molecular weight excluding hydrogens is 473 g/mol. The smallest absolute Gasteiger partial charge is 0.276 e. The quantitative estimate of drug-likeness (QED) is 0.234. The number of hydrogen-bond donors (Lipinski definition) is 0. The summed E-state index contributed by atoms with van der Waals surface area (Å²) in [6.45, 7) is 5.43. The van der Waals surface area contributed by atoms with Crippen molar-refractivity contribution in [3.05, 3.63) is 35.4 Å².